The van der Waals surface area contributed by atoms with Crippen LogP contribution in [0.5, 0.6) is 0 Å². The van der Waals surface area contributed by atoms with Crippen molar-refractivity contribution in [2.75, 3.05) is 0 Å². The van der Waals surface area contributed by atoms with Gasteiger partial charge in [0.2, 0.25) is 0 Å². The van der Waals surface area contributed by atoms with Crippen molar-refractivity contribution < 1.29 is 0 Å². The zero-order chi connectivity index (χ0) is 18.5. The van der Waals surface area contributed by atoms with Crippen molar-refractivity contribution in [3.63, 3.8) is 0 Å². The molecule has 1 heteroatoms. The first kappa shape index (κ1) is 17.4. The van der Waals surface area contributed by atoms with Crippen LogP contribution >= 0.6 is 0 Å². The second-order valence-electron chi connectivity index (χ2n) is 8.94. The van der Waals surface area contributed by atoms with Crippen molar-refractivity contribution in [2.45, 2.75) is 56.3 Å². The molecule has 3 aliphatic carbocycles. The van der Waals surface area contributed by atoms with Gasteiger partial charge in [0, 0.05) is 0 Å². The van der Waals surface area contributed by atoms with E-state index in [0.717, 1.165) is 17.8 Å². The third-order valence-electron chi connectivity index (χ3n) is 6.53. The molecular weight excluding hydrogens is 533 g/mol. The minimum atomic E-state index is -2.26. The van der Waals surface area contributed by atoms with Gasteiger partial charge in [0.05, 0.1) is 0 Å². The first-order valence-electron chi connectivity index (χ1n) is 11.0. The topological polar surface area (TPSA) is 0 Å². The zero-order valence-corrected chi connectivity index (χ0v) is 19.8. The van der Waals surface area contributed by atoms with Crippen LogP contribution in [0.15, 0.2) is 72.8 Å². The second kappa shape index (κ2) is 7.10. The minimum absolute atomic E-state index is 0.835. The quantitative estimate of drug-likeness (QED) is 0.379. The summed E-state index contributed by atoms with van der Waals surface area (Å²) in [7, 11) is 0. The maximum absolute atomic E-state index is 2.59. The van der Waals surface area contributed by atoms with Crippen LogP contribution in [0.2, 0.25) is 0 Å². The third kappa shape index (κ3) is 3.59. The van der Waals surface area contributed by atoms with Crippen molar-refractivity contribution in [1.29, 1.82) is 0 Å². The van der Waals surface area contributed by atoms with Gasteiger partial charge >= 0.3 is 177 Å². The van der Waals surface area contributed by atoms with E-state index < -0.39 is 21.8 Å². The van der Waals surface area contributed by atoms with Crippen LogP contribution in [0.3, 0.4) is 0 Å². The predicted molar refractivity (Wildman–Crippen MR) is 120 cm³/mol. The van der Waals surface area contributed by atoms with Gasteiger partial charge < -0.3 is 0 Å². The SMILES string of the molecule is c1cc(C2CC2)c[c]([Bi]([c]2cccc(C3CC3)c2)[c]2cccc(C3CC3)c2)c1. The van der Waals surface area contributed by atoms with E-state index in [9.17, 15) is 0 Å². The van der Waals surface area contributed by atoms with Crippen LogP contribution in [0.25, 0.3) is 0 Å². The summed E-state index contributed by atoms with van der Waals surface area (Å²) in [6.45, 7) is 0. The molecule has 0 nitrogen and oxygen atoms in total. The fraction of sp³-hybridized carbons (Fsp3) is 0.333. The molecule has 0 saturated heterocycles. The Morgan fingerprint density at radius 2 is 0.786 bits per heavy atom. The Bertz CT molecular complexity index is 876. The molecular formula is C27H27Bi. The Kier molecular flexibility index (Phi) is 4.42. The summed E-state index contributed by atoms with van der Waals surface area (Å²) in [5.41, 5.74) is 4.78. The van der Waals surface area contributed by atoms with E-state index in [1.54, 1.807) is 26.5 Å². The van der Waals surface area contributed by atoms with Crippen molar-refractivity contribution >= 4 is 31.6 Å². The standard InChI is InChI=1S/3C9H9.Bi/c3*1-2-4-8(5-3-1)9-6-7-9;/h3*1-2,4-5,9H,6-7H2;. The molecule has 0 N–H and O–H groups in total. The van der Waals surface area contributed by atoms with Gasteiger partial charge in [-0.2, -0.15) is 0 Å². The molecule has 0 amide bonds. The molecule has 3 aromatic rings. The molecule has 28 heavy (non-hydrogen) atoms. The number of rotatable bonds is 6. The van der Waals surface area contributed by atoms with Gasteiger partial charge in [0.25, 0.3) is 0 Å². The van der Waals surface area contributed by atoms with Gasteiger partial charge in [0.1, 0.15) is 0 Å². The molecule has 3 fully saturated rings. The molecule has 140 valence electrons. The van der Waals surface area contributed by atoms with Crippen LogP contribution in [-0.2, 0) is 0 Å². The zero-order valence-electron chi connectivity index (χ0n) is 16.4. The molecule has 0 aliphatic heterocycles. The normalized spacial score (nSPS) is 19.2. The van der Waals surface area contributed by atoms with E-state index in [4.69, 9.17) is 0 Å². The molecule has 0 unspecified atom stereocenters. The molecule has 0 aromatic heterocycles. The van der Waals surface area contributed by atoms with Gasteiger partial charge in [-0.05, 0) is 0 Å². The van der Waals surface area contributed by atoms with Crippen molar-refractivity contribution in [1.82, 2.24) is 0 Å². The maximum atomic E-state index is 2.59. The van der Waals surface area contributed by atoms with E-state index in [2.05, 4.69) is 72.8 Å². The van der Waals surface area contributed by atoms with Gasteiger partial charge in [0.15, 0.2) is 0 Å². The third-order valence-corrected chi connectivity index (χ3v) is 15.8. The Hall–Kier alpha value is -1.46. The predicted octanol–water partition coefficient (Wildman–Crippen LogP) is 4.84. The molecule has 3 saturated carbocycles. The summed E-state index contributed by atoms with van der Waals surface area (Å²) >= 11 is -2.26. The van der Waals surface area contributed by atoms with Crippen LogP contribution in [0.1, 0.15) is 73.0 Å². The summed E-state index contributed by atoms with van der Waals surface area (Å²) in [4.78, 5) is 0. The van der Waals surface area contributed by atoms with Gasteiger partial charge in [-0.15, -0.1) is 0 Å². The molecule has 0 atom stereocenters. The van der Waals surface area contributed by atoms with Gasteiger partial charge in [-0.25, -0.2) is 0 Å². The summed E-state index contributed by atoms with van der Waals surface area (Å²) in [5.74, 6) is 2.50. The monoisotopic (exact) mass is 560 g/mol. The van der Waals surface area contributed by atoms with Crippen LogP contribution < -0.4 is 9.81 Å². The van der Waals surface area contributed by atoms with E-state index in [1.807, 2.05) is 0 Å². The van der Waals surface area contributed by atoms with E-state index in [1.165, 1.54) is 38.5 Å². The fourth-order valence-electron chi connectivity index (χ4n) is 4.45. The summed E-state index contributed by atoms with van der Waals surface area (Å²) in [5, 5.41) is 0. The average Bonchev–Trinajstić information content (AvgIpc) is 3.61. The van der Waals surface area contributed by atoms with Crippen molar-refractivity contribution in [3.8, 4) is 0 Å². The molecule has 3 aromatic carbocycles. The summed E-state index contributed by atoms with van der Waals surface area (Å²) < 4.78 is 5.00. The Morgan fingerprint density at radius 3 is 1.07 bits per heavy atom. The Morgan fingerprint density at radius 1 is 0.464 bits per heavy atom. The molecule has 0 bridgehead atoms. The van der Waals surface area contributed by atoms with Crippen LogP contribution in [-0.4, -0.2) is 21.8 Å². The Balaban J connectivity index is 1.47. The van der Waals surface area contributed by atoms with E-state index in [0.29, 0.717) is 0 Å². The van der Waals surface area contributed by atoms with Crippen LogP contribution in [0.4, 0.5) is 0 Å². The Labute approximate surface area is 176 Å². The number of hydrogen-bond donors (Lipinski definition) is 0. The molecule has 0 heterocycles. The van der Waals surface area contributed by atoms with Gasteiger partial charge in [-0.1, -0.05) is 0 Å². The van der Waals surface area contributed by atoms with Crippen molar-refractivity contribution in [3.05, 3.63) is 89.5 Å². The fourth-order valence-corrected chi connectivity index (χ4v) is 13.9. The van der Waals surface area contributed by atoms with E-state index in [-0.39, 0.29) is 0 Å². The molecule has 0 spiro atoms. The average molecular weight is 560 g/mol. The molecule has 0 radical (unpaired) electrons. The number of hydrogen-bond acceptors (Lipinski definition) is 0. The molecule has 3 aliphatic rings. The molecule has 6 rings (SSSR count). The van der Waals surface area contributed by atoms with E-state index >= 15 is 0 Å². The van der Waals surface area contributed by atoms with Crippen molar-refractivity contribution in [2.24, 2.45) is 0 Å². The first-order chi connectivity index (χ1) is 13.8. The number of benzene rings is 3. The van der Waals surface area contributed by atoms with Gasteiger partial charge in [-0.3, -0.25) is 0 Å². The summed E-state index contributed by atoms with van der Waals surface area (Å²) in [6.07, 6.45) is 8.32. The first-order valence-corrected chi connectivity index (χ1v) is 16.2. The van der Waals surface area contributed by atoms with Crippen LogP contribution in [0, 0.1) is 0 Å². The second-order valence-corrected chi connectivity index (χ2v) is 17.6. The summed E-state index contributed by atoms with van der Waals surface area (Å²) in [6, 6.07) is 29.2.